The van der Waals surface area contributed by atoms with Gasteiger partial charge in [-0.1, -0.05) is 62.6 Å². The zero-order chi connectivity index (χ0) is 22.5. The molecule has 0 radical (unpaired) electrons. The summed E-state index contributed by atoms with van der Waals surface area (Å²) in [6, 6.07) is 19.1. The number of hydrogen-bond acceptors (Lipinski definition) is 2. The molecule has 0 bridgehead atoms. The highest BCUT2D eigenvalue weighted by Crippen LogP contribution is 2.25. The van der Waals surface area contributed by atoms with Crippen LogP contribution >= 0.6 is 12.2 Å². The van der Waals surface area contributed by atoms with Crippen molar-refractivity contribution in [3.63, 3.8) is 0 Å². The zero-order valence-corrected chi connectivity index (χ0v) is 19.9. The quantitative estimate of drug-likeness (QED) is 0.465. The molecule has 168 valence electrons. The fraction of sp³-hybridized carbons (Fsp3) is 0.407. The predicted octanol–water partition coefficient (Wildman–Crippen LogP) is 5.86. The van der Waals surface area contributed by atoms with Crippen molar-refractivity contribution in [3.05, 3.63) is 81.6 Å². The van der Waals surface area contributed by atoms with Gasteiger partial charge in [0.05, 0.1) is 12.6 Å². The number of fused-ring (bicyclic) bond motifs is 1. The summed E-state index contributed by atoms with van der Waals surface area (Å²) in [6.07, 6.45) is 6.92. The highest BCUT2D eigenvalue weighted by Gasteiger charge is 2.25. The Labute approximate surface area is 196 Å². The normalized spacial score (nSPS) is 15.4. The lowest BCUT2D eigenvalue weighted by molar-refractivity contribution is 0.233. The molecule has 0 unspecified atom stereocenters. The van der Waals surface area contributed by atoms with Crippen molar-refractivity contribution >= 4 is 28.2 Å². The first-order valence-corrected chi connectivity index (χ1v) is 12.2. The Hall–Kier alpha value is -2.66. The van der Waals surface area contributed by atoms with Gasteiger partial charge in [-0.05, 0) is 73.1 Å². The number of aryl methyl sites for hydroxylation is 1. The Balaban J connectivity index is 1.61. The fourth-order valence-corrected chi connectivity index (χ4v) is 5.07. The van der Waals surface area contributed by atoms with E-state index >= 15 is 0 Å². The van der Waals surface area contributed by atoms with Crippen LogP contribution in [0.5, 0.6) is 0 Å². The number of hydrogen-bond donors (Lipinski definition) is 2. The second kappa shape index (κ2) is 10.3. The van der Waals surface area contributed by atoms with Crippen molar-refractivity contribution in [1.82, 2.24) is 15.2 Å². The number of pyridine rings is 1. The van der Waals surface area contributed by atoms with Crippen LogP contribution in [0, 0.1) is 0 Å². The van der Waals surface area contributed by atoms with Gasteiger partial charge in [0, 0.05) is 17.1 Å². The lowest BCUT2D eigenvalue weighted by Gasteiger charge is -2.37. The highest BCUT2D eigenvalue weighted by molar-refractivity contribution is 7.80. The second-order valence-electron chi connectivity index (χ2n) is 8.90. The molecular formula is C27H33N3OS. The lowest BCUT2D eigenvalue weighted by Crippen LogP contribution is -2.47. The summed E-state index contributed by atoms with van der Waals surface area (Å²) in [5.74, 6) is 0. The maximum atomic E-state index is 12.9. The number of rotatable bonds is 6. The maximum Gasteiger partial charge on any atom is 0.253 e. The van der Waals surface area contributed by atoms with Crippen LogP contribution in [0.25, 0.3) is 10.9 Å². The van der Waals surface area contributed by atoms with Crippen molar-refractivity contribution < 1.29 is 0 Å². The molecule has 3 aromatic rings. The fourth-order valence-electron chi connectivity index (χ4n) is 4.67. The minimum Gasteiger partial charge on any atom is -0.356 e. The Morgan fingerprint density at radius 2 is 1.88 bits per heavy atom. The first-order valence-electron chi connectivity index (χ1n) is 11.8. The van der Waals surface area contributed by atoms with Gasteiger partial charge in [-0.2, -0.15) is 0 Å². The molecule has 1 fully saturated rings. The molecule has 4 rings (SSSR count). The Morgan fingerprint density at radius 1 is 1.12 bits per heavy atom. The molecule has 32 heavy (non-hydrogen) atoms. The molecule has 1 aliphatic rings. The monoisotopic (exact) mass is 447 g/mol. The van der Waals surface area contributed by atoms with Gasteiger partial charge in [0.25, 0.3) is 5.56 Å². The molecule has 0 saturated heterocycles. The molecule has 1 aromatic heterocycles. The number of aromatic amines is 1. The van der Waals surface area contributed by atoms with E-state index in [-0.39, 0.29) is 11.6 Å². The van der Waals surface area contributed by atoms with E-state index in [0.29, 0.717) is 12.6 Å². The minimum atomic E-state index is -0.0264. The van der Waals surface area contributed by atoms with Crippen LogP contribution in [0.2, 0.25) is 0 Å². The van der Waals surface area contributed by atoms with Gasteiger partial charge in [-0.3, -0.25) is 4.79 Å². The summed E-state index contributed by atoms with van der Waals surface area (Å²) in [7, 11) is 0. The van der Waals surface area contributed by atoms with Crippen LogP contribution in [0.15, 0.2) is 59.4 Å². The topological polar surface area (TPSA) is 48.1 Å². The molecule has 4 nitrogen and oxygen atoms in total. The molecule has 1 saturated carbocycles. The molecule has 2 aromatic carbocycles. The predicted molar refractivity (Wildman–Crippen MR) is 137 cm³/mol. The van der Waals surface area contributed by atoms with Crippen LogP contribution in [-0.2, 0) is 13.0 Å². The van der Waals surface area contributed by atoms with Gasteiger partial charge in [-0.15, -0.1) is 0 Å². The number of aromatic nitrogens is 1. The Kier molecular flexibility index (Phi) is 7.26. The van der Waals surface area contributed by atoms with Crippen LogP contribution in [-0.4, -0.2) is 21.0 Å². The SMILES string of the molecule is CCc1ccc2[nH]c(=O)c(CN(C(=S)N[C@H](C)c3ccccc3)C3CCCCC3)cc2c1. The van der Waals surface area contributed by atoms with Gasteiger partial charge >= 0.3 is 0 Å². The average molecular weight is 448 g/mol. The van der Waals surface area contributed by atoms with Crippen molar-refractivity contribution in [1.29, 1.82) is 0 Å². The van der Waals surface area contributed by atoms with Crippen molar-refractivity contribution in [2.75, 3.05) is 0 Å². The standard InChI is InChI=1S/C27H33N3OS/c1-3-20-14-15-25-22(16-20)17-23(26(31)29-25)18-30(24-12-8-5-9-13-24)27(32)28-19(2)21-10-6-4-7-11-21/h4,6-7,10-11,14-17,19,24H,3,5,8-9,12-13,18H2,1-2H3,(H,28,32)(H,29,31)/t19-/m1/s1. The van der Waals surface area contributed by atoms with Gasteiger partial charge in [0.2, 0.25) is 0 Å². The van der Waals surface area contributed by atoms with Crippen LogP contribution in [0.4, 0.5) is 0 Å². The number of thiocarbonyl (C=S) groups is 1. The largest absolute Gasteiger partial charge is 0.356 e. The third-order valence-corrected chi connectivity index (χ3v) is 7.00. The third-order valence-electron chi connectivity index (χ3n) is 6.65. The molecular weight excluding hydrogens is 414 g/mol. The first kappa shape index (κ1) is 22.5. The number of nitrogens with zero attached hydrogens (tertiary/aromatic N) is 1. The van der Waals surface area contributed by atoms with Gasteiger partial charge < -0.3 is 15.2 Å². The summed E-state index contributed by atoms with van der Waals surface area (Å²) in [5, 5.41) is 5.35. The van der Waals surface area contributed by atoms with E-state index in [2.05, 4.69) is 65.4 Å². The summed E-state index contributed by atoms with van der Waals surface area (Å²) < 4.78 is 0. The van der Waals surface area contributed by atoms with E-state index in [4.69, 9.17) is 12.2 Å². The molecule has 5 heteroatoms. The third kappa shape index (κ3) is 5.21. The second-order valence-corrected chi connectivity index (χ2v) is 9.29. The molecule has 2 N–H and O–H groups in total. The average Bonchev–Trinajstić information content (AvgIpc) is 2.83. The Morgan fingerprint density at radius 3 is 2.59 bits per heavy atom. The van der Waals surface area contributed by atoms with E-state index in [1.807, 2.05) is 18.2 Å². The van der Waals surface area contributed by atoms with Crippen LogP contribution < -0.4 is 10.9 Å². The minimum absolute atomic E-state index is 0.0264. The molecule has 0 amide bonds. The Bertz CT molecular complexity index is 1120. The van der Waals surface area contributed by atoms with Crippen molar-refractivity contribution in [2.24, 2.45) is 0 Å². The molecule has 0 aliphatic heterocycles. The smallest absolute Gasteiger partial charge is 0.253 e. The summed E-state index contributed by atoms with van der Waals surface area (Å²) in [5.41, 5.74) is 4.11. The summed E-state index contributed by atoms with van der Waals surface area (Å²) in [6.45, 7) is 4.81. The van der Waals surface area contributed by atoms with E-state index in [9.17, 15) is 4.79 Å². The number of benzene rings is 2. The molecule has 1 atom stereocenters. The highest BCUT2D eigenvalue weighted by atomic mass is 32.1. The zero-order valence-electron chi connectivity index (χ0n) is 19.1. The van der Waals surface area contributed by atoms with Gasteiger partial charge in [0.15, 0.2) is 5.11 Å². The molecule has 0 spiro atoms. The van der Waals surface area contributed by atoms with E-state index in [1.54, 1.807) is 0 Å². The summed E-state index contributed by atoms with van der Waals surface area (Å²) in [4.78, 5) is 18.3. The van der Waals surface area contributed by atoms with Gasteiger partial charge in [-0.25, -0.2) is 0 Å². The van der Waals surface area contributed by atoms with Crippen molar-refractivity contribution in [3.8, 4) is 0 Å². The van der Waals surface area contributed by atoms with Gasteiger partial charge in [0.1, 0.15) is 0 Å². The van der Waals surface area contributed by atoms with E-state index < -0.39 is 0 Å². The van der Waals surface area contributed by atoms with Crippen LogP contribution in [0.1, 0.15) is 68.7 Å². The van der Waals surface area contributed by atoms with Crippen LogP contribution in [0.3, 0.4) is 0 Å². The van der Waals surface area contributed by atoms with Crippen molar-refractivity contribution in [2.45, 2.75) is 71.0 Å². The first-order chi connectivity index (χ1) is 15.5. The maximum absolute atomic E-state index is 12.9. The lowest BCUT2D eigenvalue weighted by atomic mass is 9.94. The molecule has 1 heterocycles. The van der Waals surface area contributed by atoms with E-state index in [0.717, 1.165) is 40.8 Å². The summed E-state index contributed by atoms with van der Waals surface area (Å²) >= 11 is 5.91. The molecule has 1 aliphatic carbocycles. The number of nitrogens with one attached hydrogen (secondary N) is 2. The number of H-pyrrole nitrogens is 1. The van der Waals surface area contributed by atoms with E-state index in [1.165, 1.54) is 30.4 Å².